The fraction of sp³-hybridized carbons (Fsp3) is 0.933. The molecule has 0 saturated carbocycles. The Bertz CT molecular complexity index is 1550. The fourth-order valence-electron chi connectivity index (χ4n) is 8.84. The SMILES string of the molecule is CCCCCCCCCCCCCCCCCC(=O)O[C@H](COC(=O)CCCCCCCCC(C)CC)COP(=O)(O)OC[C@@H](O)COP(=O)(O)OC[C@@H](COC(=O)CCCCCCCCC)OC(=O)CCCCCCCCC. The first-order valence-electron chi connectivity index (χ1n) is 31.7. The summed E-state index contributed by atoms with van der Waals surface area (Å²) in [5, 5.41) is 10.5. The van der Waals surface area contributed by atoms with Gasteiger partial charge in [-0.05, 0) is 31.6 Å². The Kier molecular flexibility index (Phi) is 52.7. The molecule has 19 heteroatoms. The van der Waals surface area contributed by atoms with E-state index in [1.165, 1.54) is 89.9 Å². The molecule has 0 aromatic heterocycles. The number of carbonyl (C=O) groups excluding carboxylic acids is 4. The van der Waals surface area contributed by atoms with Crippen LogP contribution in [0.25, 0.3) is 0 Å². The predicted molar refractivity (Wildman–Crippen MR) is 312 cm³/mol. The van der Waals surface area contributed by atoms with Crippen LogP contribution in [0, 0.1) is 5.92 Å². The van der Waals surface area contributed by atoms with Crippen LogP contribution in [0.3, 0.4) is 0 Å². The van der Waals surface area contributed by atoms with Gasteiger partial charge in [0.05, 0.1) is 26.4 Å². The molecule has 0 radical (unpaired) electrons. The normalized spacial score (nSPS) is 14.7. The standard InChI is InChI=1S/C60H116O17P2/c1-6-10-13-16-19-20-21-22-23-24-25-26-29-36-41-46-60(65)77-56(50-71-58(63)44-39-34-31-30-32-37-42-53(5)9-4)52-75-79(68,69)73-48-54(61)47-72-78(66,67)74-51-55(76-59(64)45-40-35-28-18-15-12-8-3)49-70-57(62)43-38-33-27-17-14-11-7-2/h53-56,61H,6-52H2,1-5H3,(H,66,67)(H,68,69)/t53?,54-,55+,56+/m0/s1. The van der Waals surface area contributed by atoms with Gasteiger partial charge in [0.2, 0.25) is 0 Å². The van der Waals surface area contributed by atoms with Gasteiger partial charge in [-0.1, -0.05) is 247 Å². The summed E-state index contributed by atoms with van der Waals surface area (Å²) in [6, 6.07) is 0. The van der Waals surface area contributed by atoms with Crippen molar-refractivity contribution in [3.05, 3.63) is 0 Å². The van der Waals surface area contributed by atoms with Crippen LogP contribution in [0.2, 0.25) is 0 Å². The topological polar surface area (TPSA) is 237 Å². The number of hydrogen-bond acceptors (Lipinski definition) is 15. The van der Waals surface area contributed by atoms with Crippen molar-refractivity contribution in [2.75, 3.05) is 39.6 Å². The maximum absolute atomic E-state index is 12.9. The molecule has 0 aromatic rings. The molecule has 3 N–H and O–H groups in total. The Balaban J connectivity index is 5.18. The number of phosphoric ester groups is 2. The number of ether oxygens (including phenoxy) is 4. The third-order valence-corrected chi connectivity index (χ3v) is 16.0. The van der Waals surface area contributed by atoms with Gasteiger partial charge in [0, 0.05) is 25.7 Å². The Morgan fingerprint density at radius 1 is 0.354 bits per heavy atom. The molecule has 0 bridgehead atoms. The molecule has 79 heavy (non-hydrogen) atoms. The van der Waals surface area contributed by atoms with Crippen molar-refractivity contribution in [2.45, 2.75) is 316 Å². The number of carbonyl (C=O) groups is 4. The molecule has 0 spiro atoms. The van der Waals surface area contributed by atoms with E-state index >= 15 is 0 Å². The van der Waals surface area contributed by atoms with Crippen LogP contribution in [0.4, 0.5) is 0 Å². The third kappa shape index (κ3) is 53.8. The fourth-order valence-corrected chi connectivity index (χ4v) is 10.4. The summed E-state index contributed by atoms with van der Waals surface area (Å²) in [6.45, 7) is 7.04. The van der Waals surface area contributed by atoms with Crippen molar-refractivity contribution < 1.29 is 80.2 Å². The number of esters is 4. The predicted octanol–water partition coefficient (Wildman–Crippen LogP) is 16.2. The summed E-state index contributed by atoms with van der Waals surface area (Å²) < 4.78 is 67.6. The van der Waals surface area contributed by atoms with Crippen LogP contribution < -0.4 is 0 Å². The molecule has 17 nitrogen and oxygen atoms in total. The summed E-state index contributed by atoms with van der Waals surface area (Å²) in [4.78, 5) is 71.8. The van der Waals surface area contributed by atoms with Gasteiger partial charge in [0.25, 0.3) is 0 Å². The van der Waals surface area contributed by atoms with E-state index in [0.29, 0.717) is 25.7 Å². The molecule has 0 saturated heterocycles. The highest BCUT2D eigenvalue weighted by Gasteiger charge is 2.30. The number of unbranched alkanes of at least 4 members (excludes halogenated alkanes) is 31. The number of aliphatic hydroxyl groups excluding tert-OH is 1. The zero-order chi connectivity index (χ0) is 58.5. The molecular weight excluding hydrogens is 1050 g/mol. The van der Waals surface area contributed by atoms with Gasteiger partial charge in [0.1, 0.15) is 19.3 Å². The number of phosphoric acid groups is 2. The van der Waals surface area contributed by atoms with Gasteiger partial charge in [0.15, 0.2) is 12.2 Å². The van der Waals surface area contributed by atoms with E-state index < -0.39 is 97.5 Å². The summed E-state index contributed by atoms with van der Waals surface area (Å²) in [7, 11) is -9.87. The maximum atomic E-state index is 12.9. The van der Waals surface area contributed by atoms with E-state index in [-0.39, 0.29) is 25.7 Å². The zero-order valence-corrected chi connectivity index (χ0v) is 52.3. The summed E-state index contributed by atoms with van der Waals surface area (Å²) in [5.41, 5.74) is 0. The quantitative estimate of drug-likeness (QED) is 0.0222. The van der Waals surface area contributed by atoms with Crippen molar-refractivity contribution in [1.29, 1.82) is 0 Å². The lowest BCUT2D eigenvalue weighted by atomic mass is 10.00. The molecule has 0 aliphatic heterocycles. The molecule has 0 heterocycles. The minimum absolute atomic E-state index is 0.103. The molecule has 6 atom stereocenters. The average molecular weight is 1170 g/mol. The lowest BCUT2D eigenvalue weighted by molar-refractivity contribution is -0.161. The second-order valence-corrected chi connectivity index (χ2v) is 24.9. The second-order valence-electron chi connectivity index (χ2n) is 22.0. The Morgan fingerprint density at radius 3 is 0.899 bits per heavy atom. The molecule has 0 aliphatic carbocycles. The van der Waals surface area contributed by atoms with Crippen molar-refractivity contribution in [1.82, 2.24) is 0 Å². The summed E-state index contributed by atoms with van der Waals surface area (Å²) >= 11 is 0. The summed E-state index contributed by atoms with van der Waals surface area (Å²) in [6.07, 6.45) is 36.5. The van der Waals surface area contributed by atoms with Gasteiger partial charge in [-0.2, -0.15) is 0 Å². The zero-order valence-electron chi connectivity index (χ0n) is 50.5. The van der Waals surface area contributed by atoms with E-state index in [1.807, 2.05) is 0 Å². The number of hydrogen-bond donors (Lipinski definition) is 3. The molecule has 0 rings (SSSR count). The average Bonchev–Trinajstić information content (AvgIpc) is 3.42. The monoisotopic (exact) mass is 1170 g/mol. The van der Waals surface area contributed by atoms with Crippen LogP contribution in [-0.4, -0.2) is 96.7 Å². The van der Waals surface area contributed by atoms with Gasteiger partial charge < -0.3 is 33.8 Å². The Morgan fingerprint density at radius 2 is 0.608 bits per heavy atom. The molecule has 0 aliphatic rings. The molecule has 0 aromatic carbocycles. The minimum atomic E-state index is -4.94. The number of aliphatic hydroxyl groups is 1. The molecule has 3 unspecified atom stereocenters. The highest BCUT2D eigenvalue weighted by molar-refractivity contribution is 7.47. The highest BCUT2D eigenvalue weighted by Crippen LogP contribution is 2.45. The van der Waals surface area contributed by atoms with E-state index in [0.717, 1.165) is 128 Å². The van der Waals surface area contributed by atoms with E-state index in [4.69, 9.17) is 37.0 Å². The second kappa shape index (κ2) is 54.0. The van der Waals surface area contributed by atoms with E-state index in [1.54, 1.807) is 0 Å². The first kappa shape index (κ1) is 77.1. The first-order valence-corrected chi connectivity index (χ1v) is 34.7. The lowest BCUT2D eigenvalue weighted by Gasteiger charge is -2.21. The van der Waals surface area contributed by atoms with Crippen LogP contribution in [0.1, 0.15) is 298 Å². The van der Waals surface area contributed by atoms with Crippen LogP contribution in [-0.2, 0) is 65.4 Å². The summed E-state index contributed by atoms with van der Waals surface area (Å²) in [5.74, 6) is -1.42. The van der Waals surface area contributed by atoms with Gasteiger partial charge in [-0.3, -0.25) is 37.3 Å². The highest BCUT2D eigenvalue weighted by atomic mass is 31.2. The van der Waals surface area contributed by atoms with Gasteiger partial charge in [-0.25, -0.2) is 9.13 Å². The molecule has 0 amide bonds. The van der Waals surface area contributed by atoms with Gasteiger partial charge >= 0.3 is 39.5 Å². The van der Waals surface area contributed by atoms with Crippen molar-refractivity contribution in [3.63, 3.8) is 0 Å². The smallest absolute Gasteiger partial charge is 0.462 e. The minimum Gasteiger partial charge on any atom is -0.462 e. The van der Waals surface area contributed by atoms with Gasteiger partial charge in [-0.15, -0.1) is 0 Å². The molecule has 468 valence electrons. The van der Waals surface area contributed by atoms with E-state index in [9.17, 15) is 43.2 Å². The van der Waals surface area contributed by atoms with Crippen LogP contribution in [0.5, 0.6) is 0 Å². The van der Waals surface area contributed by atoms with E-state index in [2.05, 4.69) is 34.6 Å². The van der Waals surface area contributed by atoms with Crippen LogP contribution in [0.15, 0.2) is 0 Å². The lowest BCUT2D eigenvalue weighted by Crippen LogP contribution is -2.30. The van der Waals surface area contributed by atoms with Crippen LogP contribution >= 0.6 is 15.6 Å². The molecular formula is C60H116O17P2. The van der Waals surface area contributed by atoms with Crippen molar-refractivity contribution >= 4 is 39.5 Å². The first-order chi connectivity index (χ1) is 38.1. The number of rotatable bonds is 60. The van der Waals surface area contributed by atoms with Crippen molar-refractivity contribution in [2.24, 2.45) is 5.92 Å². The van der Waals surface area contributed by atoms with Crippen molar-refractivity contribution in [3.8, 4) is 0 Å². The third-order valence-electron chi connectivity index (χ3n) is 14.1. The largest absolute Gasteiger partial charge is 0.472 e. The Labute approximate surface area is 479 Å². The molecule has 0 fully saturated rings. The maximum Gasteiger partial charge on any atom is 0.472 e. The Hall–Kier alpha value is -1.94.